The van der Waals surface area contributed by atoms with E-state index in [0.29, 0.717) is 38.0 Å². The second-order valence-corrected chi connectivity index (χ2v) is 5.00. The molecule has 0 atom stereocenters. The van der Waals surface area contributed by atoms with E-state index in [4.69, 9.17) is 5.11 Å². The van der Waals surface area contributed by atoms with Crippen molar-refractivity contribution in [2.24, 2.45) is 0 Å². The molecular formula is C16H19FN2O2. The molecule has 1 amide bonds. The highest BCUT2D eigenvalue weighted by atomic mass is 19.1. The molecule has 0 radical (unpaired) electrons. The monoisotopic (exact) mass is 290 g/mol. The molecule has 0 saturated carbocycles. The molecule has 1 aromatic carbocycles. The molecule has 21 heavy (non-hydrogen) atoms. The first-order valence-corrected chi connectivity index (χ1v) is 7.05. The van der Waals surface area contributed by atoms with Gasteiger partial charge in [-0.15, -0.1) is 0 Å². The zero-order chi connectivity index (χ0) is 15.1. The van der Waals surface area contributed by atoms with Crippen LogP contribution in [-0.2, 0) is 11.3 Å². The minimum Gasteiger partial charge on any atom is -0.395 e. The van der Waals surface area contributed by atoms with Crippen LogP contribution in [-0.4, -0.2) is 42.2 Å². The molecule has 0 unspecified atom stereocenters. The van der Waals surface area contributed by atoms with Gasteiger partial charge in [0.1, 0.15) is 5.82 Å². The highest BCUT2D eigenvalue weighted by Crippen LogP contribution is 2.12. The number of nitrogens with one attached hydrogen (secondary N) is 1. The first-order valence-electron chi connectivity index (χ1n) is 7.05. The predicted octanol–water partition coefficient (Wildman–Crippen LogP) is 0.881. The number of nitrogens with zero attached hydrogens (tertiary/aromatic N) is 1. The van der Waals surface area contributed by atoms with Gasteiger partial charge in [0.15, 0.2) is 0 Å². The SMILES string of the molecule is O=C1CCN(Cc2cc(F)cc(C#CCCO)c2)CCN1. The third-order valence-electron chi connectivity index (χ3n) is 3.24. The number of benzene rings is 1. The first-order chi connectivity index (χ1) is 10.2. The zero-order valence-electron chi connectivity index (χ0n) is 11.9. The van der Waals surface area contributed by atoms with Gasteiger partial charge in [-0.3, -0.25) is 9.69 Å². The molecule has 2 rings (SSSR count). The number of hydrogen-bond acceptors (Lipinski definition) is 3. The van der Waals surface area contributed by atoms with Crippen LogP contribution >= 0.6 is 0 Å². The third-order valence-corrected chi connectivity index (χ3v) is 3.24. The van der Waals surface area contributed by atoms with Crippen LogP contribution in [0.25, 0.3) is 0 Å². The molecule has 1 saturated heterocycles. The molecule has 2 N–H and O–H groups in total. The number of aliphatic hydroxyl groups excluding tert-OH is 1. The van der Waals surface area contributed by atoms with E-state index in [-0.39, 0.29) is 18.3 Å². The van der Waals surface area contributed by atoms with E-state index in [0.717, 1.165) is 12.1 Å². The van der Waals surface area contributed by atoms with Crippen LogP contribution in [0.3, 0.4) is 0 Å². The summed E-state index contributed by atoms with van der Waals surface area (Å²) in [6, 6.07) is 4.74. The lowest BCUT2D eigenvalue weighted by Crippen LogP contribution is -2.28. The lowest BCUT2D eigenvalue weighted by molar-refractivity contribution is -0.120. The molecule has 1 fully saturated rings. The van der Waals surface area contributed by atoms with Crippen molar-refractivity contribution >= 4 is 5.91 Å². The number of rotatable bonds is 3. The van der Waals surface area contributed by atoms with E-state index in [2.05, 4.69) is 22.1 Å². The molecule has 0 bridgehead atoms. The van der Waals surface area contributed by atoms with E-state index < -0.39 is 0 Å². The van der Waals surface area contributed by atoms with E-state index in [1.54, 1.807) is 0 Å². The molecule has 1 aliphatic rings. The number of carbonyl (C=O) groups excluding carboxylic acids is 1. The molecule has 1 heterocycles. The second-order valence-electron chi connectivity index (χ2n) is 5.00. The van der Waals surface area contributed by atoms with Gasteiger partial charge in [0.25, 0.3) is 0 Å². The Morgan fingerprint density at radius 1 is 1.33 bits per heavy atom. The number of carbonyl (C=O) groups is 1. The molecule has 1 aromatic rings. The van der Waals surface area contributed by atoms with Crippen molar-refractivity contribution in [3.05, 3.63) is 35.1 Å². The fourth-order valence-corrected chi connectivity index (χ4v) is 2.26. The van der Waals surface area contributed by atoms with Crippen LogP contribution in [0, 0.1) is 17.7 Å². The summed E-state index contributed by atoms with van der Waals surface area (Å²) in [7, 11) is 0. The molecule has 112 valence electrons. The summed E-state index contributed by atoms with van der Waals surface area (Å²) in [5.74, 6) is 5.39. The van der Waals surface area contributed by atoms with Crippen LogP contribution in [0.2, 0.25) is 0 Å². The number of amides is 1. The molecule has 5 heteroatoms. The van der Waals surface area contributed by atoms with Gasteiger partial charge >= 0.3 is 0 Å². The second kappa shape index (κ2) is 7.77. The maximum atomic E-state index is 13.6. The number of halogens is 1. The average molecular weight is 290 g/mol. The van der Waals surface area contributed by atoms with E-state index in [1.807, 2.05) is 6.07 Å². The van der Waals surface area contributed by atoms with Gasteiger partial charge in [0.05, 0.1) is 6.61 Å². The Morgan fingerprint density at radius 3 is 3.00 bits per heavy atom. The molecule has 1 aliphatic heterocycles. The maximum absolute atomic E-state index is 13.6. The van der Waals surface area contributed by atoms with Crippen LogP contribution < -0.4 is 5.32 Å². The minimum absolute atomic E-state index is 0.00395. The van der Waals surface area contributed by atoms with Gasteiger partial charge in [0, 0.05) is 44.6 Å². The Morgan fingerprint density at radius 2 is 2.19 bits per heavy atom. The quantitative estimate of drug-likeness (QED) is 0.813. The highest BCUT2D eigenvalue weighted by Gasteiger charge is 2.13. The Kier molecular flexibility index (Phi) is 5.73. The van der Waals surface area contributed by atoms with E-state index in [9.17, 15) is 9.18 Å². The van der Waals surface area contributed by atoms with Gasteiger partial charge in [-0.25, -0.2) is 4.39 Å². The Bertz CT molecular complexity index is 563. The van der Waals surface area contributed by atoms with Crippen molar-refractivity contribution in [2.45, 2.75) is 19.4 Å². The van der Waals surface area contributed by atoms with Gasteiger partial charge in [0.2, 0.25) is 5.91 Å². The highest BCUT2D eigenvalue weighted by molar-refractivity contribution is 5.76. The van der Waals surface area contributed by atoms with Crippen molar-refractivity contribution in [2.75, 3.05) is 26.2 Å². The molecule has 0 aliphatic carbocycles. The van der Waals surface area contributed by atoms with Crippen LogP contribution in [0.1, 0.15) is 24.0 Å². The largest absolute Gasteiger partial charge is 0.395 e. The van der Waals surface area contributed by atoms with Crippen molar-refractivity contribution in [1.82, 2.24) is 10.2 Å². The molecule has 0 spiro atoms. The first kappa shape index (κ1) is 15.5. The van der Waals surface area contributed by atoms with Crippen LogP contribution in [0.15, 0.2) is 18.2 Å². The van der Waals surface area contributed by atoms with E-state index >= 15 is 0 Å². The zero-order valence-corrected chi connectivity index (χ0v) is 11.9. The number of hydrogen-bond donors (Lipinski definition) is 2. The molecular weight excluding hydrogens is 271 g/mol. The fraction of sp³-hybridized carbons (Fsp3) is 0.438. The summed E-state index contributed by atoms with van der Waals surface area (Å²) < 4.78 is 13.6. The molecule has 0 aromatic heterocycles. The lowest BCUT2D eigenvalue weighted by Gasteiger charge is -2.19. The van der Waals surface area contributed by atoms with Crippen LogP contribution in [0.5, 0.6) is 0 Å². The summed E-state index contributed by atoms with van der Waals surface area (Å²) in [6.45, 7) is 2.66. The van der Waals surface area contributed by atoms with Crippen molar-refractivity contribution in [1.29, 1.82) is 0 Å². The smallest absolute Gasteiger partial charge is 0.221 e. The van der Waals surface area contributed by atoms with Gasteiger partial charge in [-0.2, -0.15) is 0 Å². The summed E-state index contributed by atoms with van der Waals surface area (Å²) in [4.78, 5) is 13.4. The fourth-order valence-electron chi connectivity index (χ4n) is 2.26. The molecule has 4 nitrogen and oxygen atoms in total. The van der Waals surface area contributed by atoms with Crippen molar-refractivity contribution in [3.63, 3.8) is 0 Å². The predicted molar refractivity (Wildman–Crippen MR) is 77.9 cm³/mol. The number of aliphatic hydroxyl groups is 1. The maximum Gasteiger partial charge on any atom is 0.221 e. The Labute approximate surface area is 124 Å². The summed E-state index contributed by atoms with van der Waals surface area (Å²) in [6.07, 6.45) is 0.851. The van der Waals surface area contributed by atoms with Crippen molar-refractivity contribution < 1.29 is 14.3 Å². The summed E-state index contributed by atoms with van der Waals surface area (Å²) in [5.41, 5.74) is 1.46. The van der Waals surface area contributed by atoms with Gasteiger partial charge in [-0.1, -0.05) is 11.8 Å². The van der Waals surface area contributed by atoms with Crippen LogP contribution in [0.4, 0.5) is 4.39 Å². The Hall–Kier alpha value is -1.90. The minimum atomic E-state index is -0.315. The summed E-state index contributed by atoms with van der Waals surface area (Å²) >= 11 is 0. The lowest BCUT2D eigenvalue weighted by atomic mass is 10.1. The standard InChI is InChI=1S/C16H19FN2O2/c17-15-10-13(3-1-2-8-20)9-14(11-15)12-19-6-4-16(21)18-5-7-19/h9-11,20H,2,4-8,12H2,(H,18,21). The topological polar surface area (TPSA) is 52.6 Å². The van der Waals surface area contributed by atoms with E-state index in [1.165, 1.54) is 12.1 Å². The third kappa shape index (κ3) is 5.18. The van der Waals surface area contributed by atoms with Gasteiger partial charge in [-0.05, 0) is 23.8 Å². The van der Waals surface area contributed by atoms with Crippen molar-refractivity contribution in [3.8, 4) is 11.8 Å². The van der Waals surface area contributed by atoms with Gasteiger partial charge < -0.3 is 10.4 Å². The Balaban J connectivity index is 2.05. The summed E-state index contributed by atoms with van der Waals surface area (Å²) in [5, 5.41) is 11.5. The normalized spacial score (nSPS) is 15.8. The average Bonchev–Trinajstić information content (AvgIpc) is 2.63.